The Hall–Kier alpha value is -3.34. The van der Waals surface area contributed by atoms with E-state index < -0.39 is 12.1 Å². The maximum absolute atomic E-state index is 11.8. The predicted octanol–water partition coefficient (Wildman–Crippen LogP) is 4.66. The van der Waals surface area contributed by atoms with Crippen LogP contribution in [0, 0.1) is 0 Å². The van der Waals surface area contributed by atoms with Crippen LogP contribution in [0.5, 0.6) is 5.88 Å². The quantitative estimate of drug-likeness (QED) is 0.666. The highest BCUT2D eigenvalue weighted by atomic mass is 16.5. The van der Waals surface area contributed by atoms with E-state index in [2.05, 4.69) is 4.98 Å². The highest BCUT2D eigenvalue weighted by Crippen LogP contribution is 2.35. The monoisotopic (exact) mass is 362 g/mol. The number of nitrogen functional groups attached to an aromatic ring is 1. The summed E-state index contributed by atoms with van der Waals surface area (Å²) >= 11 is 0. The van der Waals surface area contributed by atoms with E-state index in [-0.39, 0.29) is 11.8 Å². The number of hydrogen-bond donors (Lipinski definition) is 2. The van der Waals surface area contributed by atoms with Crippen LogP contribution in [0.1, 0.15) is 37.0 Å². The van der Waals surface area contributed by atoms with Crippen molar-refractivity contribution in [2.75, 3.05) is 5.73 Å². The molecule has 0 amide bonds. The summed E-state index contributed by atoms with van der Waals surface area (Å²) in [7, 11) is 0. The first-order chi connectivity index (χ1) is 13.0. The minimum absolute atomic E-state index is 0.135. The lowest BCUT2D eigenvalue weighted by Gasteiger charge is -2.20. The molecule has 1 atom stereocenters. The SMILES string of the molecule is CC(C)c1cc(-c2ccccc2)nc(OC(C(=O)O)c2ccccc2)c1N. The van der Waals surface area contributed by atoms with Crippen molar-refractivity contribution in [1.82, 2.24) is 4.98 Å². The first kappa shape index (κ1) is 18.5. The van der Waals surface area contributed by atoms with Crippen molar-refractivity contribution in [2.45, 2.75) is 25.9 Å². The van der Waals surface area contributed by atoms with E-state index in [9.17, 15) is 9.90 Å². The fourth-order valence-electron chi connectivity index (χ4n) is 2.88. The Labute approximate surface area is 158 Å². The van der Waals surface area contributed by atoms with Crippen LogP contribution >= 0.6 is 0 Å². The molecule has 3 aromatic rings. The molecule has 1 aromatic heterocycles. The summed E-state index contributed by atoms with van der Waals surface area (Å²) in [5, 5.41) is 9.65. The Bertz CT molecular complexity index is 925. The number of aliphatic carboxylic acids is 1. The molecular weight excluding hydrogens is 340 g/mol. The Balaban J connectivity index is 2.08. The number of ether oxygens (including phenoxy) is 1. The summed E-state index contributed by atoms with van der Waals surface area (Å²) in [4.78, 5) is 16.3. The normalized spacial score (nSPS) is 12.0. The molecule has 0 saturated heterocycles. The molecule has 3 N–H and O–H groups in total. The number of pyridine rings is 1. The average molecular weight is 362 g/mol. The molecule has 2 aromatic carbocycles. The molecule has 138 valence electrons. The maximum atomic E-state index is 11.8. The molecule has 0 spiro atoms. The Morgan fingerprint density at radius 1 is 1.04 bits per heavy atom. The van der Waals surface area contributed by atoms with E-state index in [0.717, 1.165) is 11.1 Å². The van der Waals surface area contributed by atoms with E-state index in [1.54, 1.807) is 24.3 Å². The number of nitrogens with zero attached hydrogens (tertiary/aromatic N) is 1. The lowest BCUT2D eigenvalue weighted by Crippen LogP contribution is -2.19. The van der Waals surface area contributed by atoms with E-state index >= 15 is 0 Å². The Morgan fingerprint density at radius 3 is 2.19 bits per heavy atom. The third kappa shape index (κ3) is 4.08. The van der Waals surface area contributed by atoms with E-state index in [1.165, 1.54) is 0 Å². The number of benzene rings is 2. The van der Waals surface area contributed by atoms with Crippen molar-refractivity contribution in [2.24, 2.45) is 0 Å². The van der Waals surface area contributed by atoms with Gasteiger partial charge in [0.05, 0.1) is 11.4 Å². The van der Waals surface area contributed by atoms with Gasteiger partial charge in [-0.15, -0.1) is 0 Å². The van der Waals surface area contributed by atoms with Crippen LogP contribution < -0.4 is 10.5 Å². The summed E-state index contributed by atoms with van der Waals surface area (Å²) in [5.41, 5.74) is 9.65. The number of anilines is 1. The summed E-state index contributed by atoms with van der Waals surface area (Å²) in [6.45, 7) is 4.05. The highest BCUT2D eigenvalue weighted by molar-refractivity contribution is 5.75. The minimum atomic E-state index is -1.19. The number of aromatic nitrogens is 1. The molecule has 0 bridgehead atoms. The molecule has 0 saturated carbocycles. The third-order valence-electron chi connectivity index (χ3n) is 4.30. The number of nitrogens with two attached hydrogens (primary N) is 1. The van der Waals surface area contributed by atoms with Gasteiger partial charge < -0.3 is 15.6 Å². The molecule has 5 heteroatoms. The number of carboxylic acid groups (broad SMARTS) is 1. The number of carbonyl (C=O) groups is 1. The van der Waals surface area contributed by atoms with Crippen molar-refractivity contribution in [1.29, 1.82) is 0 Å². The zero-order valence-corrected chi connectivity index (χ0v) is 15.3. The second kappa shape index (κ2) is 7.91. The van der Waals surface area contributed by atoms with Gasteiger partial charge in [0, 0.05) is 11.1 Å². The van der Waals surface area contributed by atoms with E-state index in [1.807, 2.05) is 56.3 Å². The van der Waals surface area contributed by atoms with Crippen LogP contribution in [-0.2, 0) is 4.79 Å². The zero-order chi connectivity index (χ0) is 19.4. The lowest BCUT2D eigenvalue weighted by atomic mass is 9.99. The van der Waals surface area contributed by atoms with Crippen molar-refractivity contribution in [3.8, 4) is 17.1 Å². The van der Waals surface area contributed by atoms with Gasteiger partial charge in [0.1, 0.15) is 0 Å². The summed E-state index contributed by atoms with van der Waals surface area (Å²) < 4.78 is 5.81. The smallest absolute Gasteiger partial charge is 0.349 e. The van der Waals surface area contributed by atoms with Gasteiger partial charge in [-0.2, -0.15) is 0 Å². The van der Waals surface area contributed by atoms with Gasteiger partial charge in [0.25, 0.3) is 0 Å². The van der Waals surface area contributed by atoms with Crippen molar-refractivity contribution < 1.29 is 14.6 Å². The molecule has 1 heterocycles. The van der Waals surface area contributed by atoms with Crippen LogP contribution in [0.3, 0.4) is 0 Å². The van der Waals surface area contributed by atoms with E-state index in [4.69, 9.17) is 10.5 Å². The van der Waals surface area contributed by atoms with Gasteiger partial charge in [-0.25, -0.2) is 9.78 Å². The van der Waals surface area contributed by atoms with Crippen LogP contribution in [0.4, 0.5) is 5.69 Å². The van der Waals surface area contributed by atoms with E-state index in [0.29, 0.717) is 16.9 Å². The van der Waals surface area contributed by atoms with Gasteiger partial charge in [-0.05, 0) is 17.5 Å². The zero-order valence-electron chi connectivity index (χ0n) is 15.3. The first-order valence-corrected chi connectivity index (χ1v) is 8.77. The van der Waals surface area contributed by atoms with Gasteiger partial charge >= 0.3 is 5.97 Å². The molecule has 27 heavy (non-hydrogen) atoms. The fourth-order valence-corrected chi connectivity index (χ4v) is 2.88. The molecule has 0 radical (unpaired) electrons. The average Bonchev–Trinajstić information content (AvgIpc) is 2.68. The fraction of sp³-hybridized carbons (Fsp3) is 0.182. The number of carboxylic acids is 1. The van der Waals surface area contributed by atoms with Crippen molar-refractivity contribution >= 4 is 11.7 Å². The molecule has 5 nitrogen and oxygen atoms in total. The topological polar surface area (TPSA) is 85.4 Å². The number of rotatable bonds is 6. The molecule has 1 unspecified atom stereocenters. The first-order valence-electron chi connectivity index (χ1n) is 8.77. The van der Waals surface area contributed by atoms with Crippen molar-refractivity contribution in [3.05, 3.63) is 77.9 Å². The van der Waals surface area contributed by atoms with Crippen LogP contribution in [0.2, 0.25) is 0 Å². The summed E-state index contributed by atoms with van der Waals surface area (Å²) in [5.74, 6) is -0.826. The lowest BCUT2D eigenvalue weighted by molar-refractivity contribution is -0.145. The Kier molecular flexibility index (Phi) is 5.41. The predicted molar refractivity (Wildman–Crippen MR) is 106 cm³/mol. The van der Waals surface area contributed by atoms with Gasteiger partial charge in [0.2, 0.25) is 12.0 Å². The standard InChI is InChI=1S/C22H22N2O3/c1-14(2)17-13-18(15-9-5-3-6-10-15)24-21(19(17)23)27-20(22(25)26)16-11-7-4-8-12-16/h3-14,20H,23H2,1-2H3,(H,25,26). The van der Waals surface area contributed by atoms with Gasteiger partial charge in [0.15, 0.2) is 0 Å². The van der Waals surface area contributed by atoms with Crippen molar-refractivity contribution in [3.63, 3.8) is 0 Å². The molecule has 0 aliphatic carbocycles. The molecule has 3 rings (SSSR count). The maximum Gasteiger partial charge on any atom is 0.349 e. The Morgan fingerprint density at radius 2 is 1.63 bits per heavy atom. The second-order valence-corrected chi connectivity index (χ2v) is 6.58. The minimum Gasteiger partial charge on any atom is -0.478 e. The number of hydrogen-bond acceptors (Lipinski definition) is 4. The highest BCUT2D eigenvalue weighted by Gasteiger charge is 2.25. The van der Waals surface area contributed by atoms with Gasteiger partial charge in [-0.1, -0.05) is 74.5 Å². The van der Waals surface area contributed by atoms with Crippen LogP contribution in [0.25, 0.3) is 11.3 Å². The molecule has 0 aliphatic rings. The van der Waals surface area contributed by atoms with Crippen LogP contribution in [-0.4, -0.2) is 16.1 Å². The molecule has 0 aliphatic heterocycles. The second-order valence-electron chi connectivity index (χ2n) is 6.58. The molecular formula is C22H22N2O3. The van der Waals surface area contributed by atoms with Crippen LogP contribution in [0.15, 0.2) is 66.7 Å². The third-order valence-corrected chi connectivity index (χ3v) is 4.30. The molecule has 0 fully saturated rings. The summed E-state index contributed by atoms with van der Waals surface area (Å²) in [6.07, 6.45) is -1.19. The van der Waals surface area contributed by atoms with Gasteiger partial charge in [-0.3, -0.25) is 0 Å². The summed E-state index contributed by atoms with van der Waals surface area (Å²) in [6, 6.07) is 20.4. The largest absolute Gasteiger partial charge is 0.478 e.